The van der Waals surface area contributed by atoms with Gasteiger partial charge in [0.2, 0.25) is 5.91 Å². The normalized spacial score (nSPS) is 12.2. The number of carbonyl (C=O) groups excluding carboxylic acids is 2. The summed E-state index contributed by atoms with van der Waals surface area (Å²) >= 11 is 9.55. The van der Waals surface area contributed by atoms with Gasteiger partial charge in [-0.1, -0.05) is 46.6 Å². The smallest absolute Gasteiger partial charge is 0.261 e. The quantitative estimate of drug-likeness (QED) is 0.474. The van der Waals surface area contributed by atoms with E-state index < -0.39 is 11.6 Å². The van der Waals surface area contributed by atoms with Crippen LogP contribution in [-0.2, 0) is 16.1 Å². The largest absolute Gasteiger partial charge is 0.484 e. The highest BCUT2D eigenvalue weighted by atomic mass is 79.9. The summed E-state index contributed by atoms with van der Waals surface area (Å²) < 4.78 is 6.85. The van der Waals surface area contributed by atoms with Crippen molar-refractivity contribution in [3.8, 4) is 5.75 Å². The molecule has 0 unspecified atom stereocenters. The first-order valence-corrected chi connectivity index (χ1v) is 11.8. The summed E-state index contributed by atoms with van der Waals surface area (Å²) in [6, 6.07) is 10.4. The Labute approximate surface area is 204 Å². The van der Waals surface area contributed by atoms with Gasteiger partial charge < -0.3 is 15.0 Å². The molecule has 32 heavy (non-hydrogen) atoms. The fraction of sp³-hybridized carbons (Fsp3) is 0.440. The second-order valence-corrected chi connectivity index (χ2v) is 10.2. The molecule has 2 amide bonds. The van der Waals surface area contributed by atoms with Gasteiger partial charge in [-0.25, -0.2) is 0 Å². The van der Waals surface area contributed by atoms with Gasteiger partial charge in [-0.05, 0) is 82.0 Å². The van der Waals surface area contributed by atoms with Crippen molar-refractivity contribution in [2.24, 2.45) is 0 Å². The number of hydrogen-bond acceptors (Lipinski definition) is 3. The summed E-state index contributed by atoms with van der Waals surface area (Å²) in [5.41, 5.74) is 2.55. The summed E-state index contributed by atoms with van der Waals surface area (Å²) in [5, 5.41) is 3.61. The number of rotatable bonds is 8. The predicted molar refractivity (Wildman–Crippen MR) is 133 cm³/mol. The molecule has 0 heterocycles. The SMILES string of the molecule is CC[C@@H](C(=O)NC(C)(C)C)N(Cc1ccc(Cl)cc1)C(=O)COc1cc(C)c(Br)c(C)c1. The van der Waals surface area contributed by atoms with Gasteiger partial charge in [0.05, 0.1) is 0 Å². The number of amides is 2. The van der Waals surface area contributed by atoms with E-state index in [0.29, 0.717) is 17.2 Å². The maximum atomic E-state index is 13.3. The van der Waals surface area contributed by atoms with Crippen LogP contribution in [0.15, 0.2) is 40.9 Å². The number of halogens is 2. The van der Waals surface area contributed by atoms with Gasteiger partial charge >= 0.3 is 0 Å². The van der Waals surface area contributed by atoms with E-state index in [9.17, 15) is 9.59 Å². The van der Waals surface area contributed by atoms with E-state index in [0.717, 1.165) is 21.2 Å². The molecule has 0 bridgehead atoms. The Morgan fingerprint density at radius 2 is 1.69 bits per heavy atom. The van der Waals surface area contributed by atoms with Crippen LogP contribution in [0.5, 0.6) is 5.75 Å². The third-order valence-corrected chi connectivity index (χ3v) is 6.43. The molecule has 5 nitrogen and oxygen atoms in total. The Morgan fingerprint density at radius 3 is 2.19 bits per heavy atom. The zero-order valence-electron chi connectivity index (χ0n) is 19.6. The Kier molecular flexibility index (Phi) is 9.17. The topological polar surface area (TPSA) is 58.6 Å². The highest BCUT2D eigenvalue weighted by Crippen LogP contribution is 2.26. The van der Waals surface area contributed by atoms with Crippen LogP contribution in [0.3, 0.4) is 0 Å². The minimum absolute atomic E-state index is 0.159. The molecule has 1 atom stereocenters. The van der Waals surface area contributed by atoms with E-state index in [1.165, 1.54) is 0 Å². The molecular weight excluding hydrogens is 492 g/mol. The average Bonchev–Trinajstić information content (AvgIpc) is 2.70. The van der Waals surface area contributed by atoms with Crippen molar-refractivity contribution in [2.45, 2.75) is 66.1 Å². The monoisotopic (exact) mass is 522 g/mol. The molecule has 7 heteroatoms. The van der Waals surface area contributed by atoms with Crippen LogP contribution < -0.4 is 10.1 Å². The van der Waals surface area contributed by atoms with Crippen molar-refractivity contribution in [1.29, 1.82) is 0 Å². The van der Waals surface area contributed by atoms with Gasteiger partial charge in [0.25, 0.3) is 5.91 Å². The second-order valence-electron chi connectivity index (χ2n) is 8.97. The predicted octanol–water partition coefficient (Wildman–Crippen LogP) is 5.82. The second kappa shape index (κ2) is 11.2. The van der Waals surface area contributed by atoms with E-state index >= 15 is 0 Å². The van der Waals surface area contributed by atoms with Crippen LogP contribution in [0.2, 0.25) is 5.02 Å². The Balaban J connectivity index is 2.26. The van der Waals surface area contributed by atoms with Gasteiger partial charge in [0.15, 0.2) is 6.61 Å². The highest BCUT2D eigenvalue weighted by molar-refractivity contribution is 9.10. The summed E-state index contributed by atoms with van der Waals surface area (Å²) in [7, 11) is 0. The first-order valence-electron chi connectivity index (χ1n) is 10.7. The van der Waals surface area contributed by atoms with E-state index in [4.69, 9.17) is 16.3 Å². The minimum Gasteiger partial charge on any atom is -0.484 e. The Hall–Kier alpha value is -2.05. The number of hydrogen-bond donors (Lipinski definition) is 1. The molecule has 0 fully saturated rings. The molecule has 2 rings (SSSR count). The van der Waals surface area contributed by atoms with Crippen LogP contribution >= 0.6 is 27.5 Å². The van der Waals surface area contributed by atoms with Crippen molar-refractivity contribution < 1.29 is 14.3 Å². The molecule has 0 radical (unpaired) electrons. The average molecular weight is 524 g/mol. The third kappa shape index (κ3) is 7.52. The molecule has 0 aromatic heterocycles. The van der Waals surface area contributed by atoms with Crippen molar-refractivity contribution in [1.82, 2.24) is 10.2 Å². The lowest BCUT2D eigenvalue weighted by Crippen LogP contribution is -2.54. The van der Waals surface area contributed by atoms with Crippen LogP contribution in [0, 0.1) is 13.8 Å². The number of nitrogens with zero attached hydrogens (tertiary/aromatic N) is 1. The van der Waals surface area contributed by atoms with E-state index in [2.05, 4.69) is 21.2 Å². The zero-order valence-corrected chi connectivity index (χ0v) is 21.9. The number of ether oxygens (including phenoxy) is 1. The lowest BCUT2D eigenvalue weighted by molar-refractivity contribution is -0.143. The number of aryl methyl sites for hydroxylation is 2. The Morgan fingerprint density at radius 1 is 1.12 bits per heavy atom. The first kappa shape index (κ1) is 26.2. The van der Waals surface area contributed by atoms with Crippen molar-refractivity contribution in [3.05, 3.63) is 62.6 Å². The lowest BCUT2D eigenvalue weighted by Gasteiger charge is -2.33. The fourth-order valence-corrected chi connectivity index (χ4v) is 3.73. The molecule has 0 aliphatic carbocycles. The molecule has 2 aromatic carbocycles. The van der Waals surface area contributed by atoms with Crippen LogP contribution in [0.4, 0.5) is 0 Å². The molecule has 0 saturated carbocycles. The van der Waals surface area contributed by atoms with Crippen LogP contribution in [0.25, 0.3) is 0 Å². The Bertz CT molecular complexity index is 932. The van der Waals surface area contributed by atoms with Crippen LogP contribution in [-0.4, -0.2) is 34.9 Å². The molecule has 174 valence electrons. The van der Waals surface area contributed by atoms with E-state index in [1.807, 2.05) is 65.8 Å². The first-order chi connectivity index (χ1) is 14.9. The number of benzene rings is 2. The van der Waals surface area contributed by atoms with Gasteiger partial charge in [-0.15, -0.1) is 0 Å². The molecule has 1 N–H and O–H groups in total. The highest BCUT2D eigenvalue weighted by Gasteiger charge is 2.31. The maximum Gasteiger partial charge on any atom is 0.261 e. The summed E-state index contributed by atoms with van der Waals surface area (Å²) in [5.74, 6) is 0.182. The van der Waals surface area contributed by atoms with Crippen molar-refractivity contribution >= 4 is 39.3 Å². The molecular formula is C25H32BrClN2O3. The number of carbonyl (C=O) groups is 2. The van der Waals surface area contributed by atoms with Crippen molar-refractivity contribution in [2.75, 3.05) is 6.61 Å². The minimum atomic E-state index is -0.616. The van der Waals surface area contributed by atoms with E-state index in [1.54, 1.807) is 17.0 Å². The third-order valence-electron chi connectivity index (χ3n) is 4.92. The van der Waals surface area contributed by atoms with Crippen molar-refractivity contribution in [3.63, 3.8) is 0 Å². The summed E-state index contributed by atoms with van der Waals surface area (Å²) in [6.45, 7) is 11.7. The van der Waals surface area contributed by atoms with Crippen LogP contribution in [0.1, 0.15) is 50.8 Å². The zero-order chi connectivity index (χ0) is 24.1. The molecule has 0 saturated heterocycles. The molecule has 0 aliphatic rings. The number of nitrogens with one attached hydrogen (secondary N) is 1. The van der Waals surface area contributed by atoms with Gasteiger partial charge in [0, 0.05) is 21.6 Å². The summed E-state index contributed by atoms with van der Waals surface area (Å²) in [4.78, 5) is 27.9. The summed E-state index contributed by atoms with van der Waals surface area (Å²) in [6.07, 6.45) is 0.484. The maximum absolute atomic E-state index is 13.3. The molecule has 0 spiro atoms. The van der Waals surface area contributed by atoms with E-state index in [-0.39, 0.29) is 25.0 Å². The molecule has 2 aromatic rings. The van der Waals surface area contributed by atoms with Gasteiger partial charge in [-0.2, -0.15) is 0 Å². The lowest BCUT2D eigenvalue weighted by atomic mass is 10.1. The standard InChI is InChI=1S/C25H32BrClN2O3/c1-7-21(24(31)28-25(4,5)6)29(14-18-8-10-19(27)11-9-18)22(30)15-32-20-12-16(2)23(26)17(3)13-20/h8-13,21H,7,14-15H2,1-6H3,(H,28,31)/t21-/m0/s1. The molecule has 0 aliphatic heterocycles. The fourth-order valence-electron chi connectivity index (χ4n) is 3.38. The van der Waals surface area contributed by atoms with Gasteiger partial charge in [-0.3, -0.25) is 9.59 Å². The van der Waals surface area contributed by atoms with Gasteiger partial charge in [0.1, 0.15) is 11.8 Å².